The average molecular weight is 247 g/mol. The highest BCUT2D eigenvalue weighted by Gasteiger charge is 2.21. The second kappa shape index (κ2) is 6.55. The van der Waals surface area contributed by atoms with E-state index in [1.54, 1.807) is 0 Å². The summed E-state index contributed by atoms with van der Waals surface area (Å²) in [6.07, 6.45) is 1.89. The van der Waals surface area contributed by atoms with E-state index in [0.717, 1.165) is 25.9 Å². The van der Waals surface area contributed by atoms with Crippen molar-refractivity contribution >= 4 is 5.91 Å². The van der Waals surface area contributed by atoms with Gasteiger partial charge in [0.15, 0.2) is 0 Å². The van der Waals surface area contributed by atoms with Gasteiger partial charge in [-0.15, -0.1) is 0 Å². The summed E-state index contributed by atoms with van der Waals surface area (Å²) < 4.78 is 5.27. The van der Waals surface area contributed by atoms with Gasteiger partial charge in [0.2, 0.25) is 5.91 Å². The molecule has 1 aromatic carbocycles. The van der Waals surface area contributed by atoms with E-state index in [0.29, 0.717) is 13.2 Å². The Balaban J connectivity index is 1.80. The van der Waals surface area contributed by atoms with Crippen molar-refractivity contribution in [3.63, 3.8) is 0 Å². The molecule has 1 aliphatic rings. The predicted octanol–water partition coefficient (Wildman–Crippen LogP) is 2.11. The van der Waals surface area contributed by atoms with Crippen molar-refractivity contribution in [2.45, 2.75) is 19.8 Å². The fraction of sp³-hybridized carbons (Fsp3) is 0.533. The topological polar surface area (TPSA) is 29.5 Å². The lowest BCUT2D eigenvalue weighted by Crippen LogP contribution is -2.43. The third kappa shape index (κ3) is 3.57. The van der Waals surface area contributed by atoms with Crippen LogP contribution in [-0.2, 0) is 16.0 Å². The molecule has 0 radical (unpaired) electrons. The van der Waals surface area contributed by atoms with E-state index in [2.05, 4.69) is 12.1 Å². The highest BCUT2D eigenvalue weighted by molar-refractivity contribution is 5.78. The summed E-state index contributed by atoms with van der Waals surface area (Å²) in [5, 5.41) is 0. The SMILES string of the molecule is CC(CCc1ccccc1)C(=O)N1CCOCC1. The molecule has 0 bridgehead atoms. The first kappa shape index (κ1) is 13.1. The number of aryl methyl sites for hydroxylation is 1. The highest BCUT2D eigenvalue weighted by atomic mass is 16.5. The van der Waals surface area contributed by atoms with Crippen molar-refractivity contribution in [2.75, 3.05) is 26.3 Å². The zero-order valence-electron chi connectivity index (χ0n) is 11.0. The molecule has 1 aliphatic heterocycles. The Labute approximate surface area is 109 Å². The van der Waals surface area contributed by atoms with E-state index in [-0.39, 0.29) is 11.8 Å². The molecule has 3 heteroatoms. The number of nitrogens with zero attached hydrogens (tertiary/aromatic N) is 1. The lowest BCUT2D eigenvalue weighted by atomic mass is 10.00. The molecule has 0 aromatic heterocycles. The highest BCUT2D eigenvalue weighted by Crippen LogP contribution is 2.13. The lowest BCUT2D eigenvalue weighted by Gasteiger charge is -2.29. The van der Waals surface area contributed by atoms with Gasteiger partial charge < -0.3 is 9.64 Å². The summed E-state index contributed by atoms with van der Waals surface area (Å²) in [6.45, 7) is 4.87. The summed E-state index contributed by atoms with van der Waals surface area (Å²) in [4.78, 5) is 14.1. The van der Waals surface area contributed by atoms with Crippen LogP contribution in [0.25, 0.3) is 0 Å². The lowest BCUT2D eigenvalue weighted by molar-refractivity contribution is -0.139. The van der Waals surface area contributed by atoms with Crippen LogP contribution in [0, 0.1) is 5.92 Å². The number of morpholine rings is 1. The maximum atomic E-state index is 12.2. The maximum absolute atomic E-state index is 12.2. The first-order valence-corrected chi connectivity index (χ1v) is 6.68. The van der Waals surface area contributed by atoms with Gasteiger partial charge >= 0.3 is 0 Å². The Morgan fingerprint density at radius 3 is 2.61 bits per heavy atom. The minimum absolute atomic E-state index is 0.100. The zero-order chi connectivity index (χ0) is 12.8. The van der Waals surface area contributed by atoms with Gasteiger partial charge in [0.05, 0.1) is 13.2 Å². The second-order valence-corrected chi connectivity index (χ2v) is 4.86. The summed E-state index contributed by atoms with van der Waals surface area (Å²) in [5.74, 6) is 0.373. The molecule has 98 valence electrons. The third-order valence-electron chi connectivity index (χ3n) is 3.45. The predicted molar refractivity (Wildman–Crippen MR) is 71.3 cm³/mol. The molecule has 0 spiro atoms. The van der Waals surface area contributed by atoms with E-state index in [1.165, 1.54) is 5.56 Å². The molecule has 1 saturated heterocycles. The summed E-state index contributed by atoms with van der Waals surface area (Å²) >= 11 is 0. The van der Waals surface area contributed by atoms with Crippen LogP contribution in [-0.4, -0.2) is 37.1 Å². The number of carbonyl (C=O) groups is 1. The number of hydrogen-bond acceptors (Lipinski definition) is 2. The summed E-state index contributed by atoms with van der Waals surface area (Å²) in [6, 6.07) is 10.3. The van der Waals surface area contributed by atoms with Crippen molar-refractivity contribution in [1.82, 2.24) is 4.90 Å². The number of benzene rings is 1. The Hall–Kier alpha value is -1.35. The van der Waals surface area contributed by atoms with Crippen molar-refractivity contribution in [2.24, 2.45) is 5.92 Å². The van der Waals surface area contributed by atoms with Gasteiger partial charge in [-0.2, -0.15) is 0 Å². The molecule has 2 rings (SSSR count). The molecule has 0 saturated carbocycles. The van der Waals surface area contributed by atoms with E-state index in [9.17, 15) is 4.79 Å². The van der Waals surface area contributed by atoms with Gasteiger partial charge in [0.25, 0.3) is 0 Å². The first-order chi connectivity index (χ1) is 8.77. The van der Waals surface area contributed by atoms with E-state index < -0.39 is 0 Å². The molecule has 1 aromatic rings. The number of rotatable bonds is 4. The molecule has 1 unspecified atom stereocenters. The van der Waals surface area contributed by atoms with Crippen molar-refractivity contribution in [1.29, 1.82) is 0 Å². The molecule has 0 N–H and O–H groups in total. The normalized spacial score (nSPS) is 17.5. The Morgan fingerprint density at radius 1 is 1.28 bits per heavy atom. The molecular formula is C15H21NO2. The van der Waals surface area contributed by atoms with Gasteiger partial charge in [-0.25, -0.2) is 0 Å². The van der Waals surface area contributed by atoms with Gasteiger partial charge in [-0.3, -0.25) is 4.79 Å². The number of carbonyl (C=O) groups excluding carboxylic acids is 1. The van der Waals surface area contributed by atoms with Crippen LogP contribution >= 0.6 is 0 Å². The monoisotopic (exact) mass is 247 g/mol. The Bertz CT molecular complexity index is 371. The molecule has 3 nitrogen and oxygen atoms in total. The standard InChI is InChI=1S/C15H21NO2/c1-13(7-8-14-5-3-2-4-6-14)15(17)16-9-11-18-12-10-16/h2-6,13H,7-12H2,1H3. The van der Waals surface area contributed by atoms with Crippen molar-refractivity contribution in [3.05, 3.63) is 35.9 Å². The van der Waals surface area contributed by atoms with Crippen LogP contribution in [0.1, 0.15) is 18.9 Å². The molecule has 1 atom stereocenters. The molecule has 1 amide bonds. The van der Waals surface area contributed by atoms with E-state index in [4.69, 9.17) is 4.74 Å². The van der Waals surface area contributed by atoms with Crippen molar-refractivity contribution in [3.8, 4) is 0 Å². The third-order valence-corrected chi connectivity index (χ3v) is 3.45. The molecule has 0 aliphatic carbocycles. The molecular weight excluding hydrogens is 226 g/mol. The fourth-order valence-corrected chi connectivity index (χ4v) is 2.25. The average Bonchev–Trinajstić information content (AvgIpc) is 2.46. The zero-order valence-corrected chi connectivity index (χ0v) is 11.0. The smallest absolute Gasteiger partial charge is 0.225 e. The largest absolute Gasteiger partial charge is 0.378 e. The second-order valence-electron chi connectivity index (χ2n) is 4.86. The minimum atomic E-state index is 0.100. The van der Waals surface area contributed by atoms with Crippen LogP contribution < -0.4 is 0 Å². The van der Waals surface area contributed by atoms with Crippen LogP contribution in [0.5, 0.6) is 0 Å². The van der Waals surface area contributed by atoms with Crippen LogP contribution in [0.2, 0.25) is 0 Å². The number of amides is 1. The Morgan fingerprint density at radius 2 is 1.94 bits per heavy atom. The number of hydrogen-bond donors (Lipinski definition) is 0. The summed E-state index contributed by atoms with van der Waals surface area (Å²) in [7, 11) is 0. The van der Waals surface area contributed by atoms with Crippen LogP contribution in [0.3, 0.4) is 0 Å². The van der Waals surface area contributed by atoms with E-state index in [1.807, 2.05) is 30.0 Å². The fourth-order valence-electron chi connectivity index (χ4n) is 2.25. The minimum Gasteiger partial charge on any atom is -0.378 e. The number of ether oxygens (including phenoxy) is 1. The maximum Gasteiger partial charge on any atom is 0.225 e. The van der Waals surface area contributed by atoms with Crippen LogP contribution in [0.4, 0.5) is 0 Å². The van der Waals surface area contributed by atoms with Crippen molar-refractivity contribution < 1.29 is 9.53 Å². The molecule has 1 heterocycles. The van der Waals surface area contributed by atoms with Gasteiger partial charge in [0, 0.05) is 19.0 Å². The van der Waals surface area contributed by atoms with Crippen LogP contribution in [0.15, 0.2) is 30.3 Å². The molecule has 1 fully saturated rings. The molecule has 18 heavy (non-hydrogen) atoms. The first-order valence-electron chi connectivity index (χ1n) is 6.68. The van der Waals surface area contributed by atoms with Gasteiger partial charge in [0.1, 0.15) is 0 Å². The summed E-state index contributed by atoms with van der Waals surface area (Å²) in [5.41, 5.74) is 1.30. The van der Waals surface area contributed by atoms with Gasteiger partial charge in [-0.1, -0.05) is 37.3 Å². The quantitative estimate of drug-likeness (QED) is 0.815. The van der Waals surface area contributed by atoms with Gasteiger partial charge in [-0.05, 0) is 18.4 Å². The Kier molecular flexibility index (Phi) is 4.76. The van der Waals surface area contributed by atoms with E-state index >= 15 is 0 Å².